The van der Waals surface area contributed by atoms with Crippen molar-refractivity contribution in [3.8, 4) is 11.3 Å². The summed E-state index contributed by atoms with van der Waals surface area (Å²) >= 11 is 5.01. The number of H-pyrrole nitrogens is 1. The van der Waals surface area contributed by atoms with Crippen molar-refractivity contribution < 1.29 is 4.79 Å². The number of carbonyl (C=O) groups is 1. The Balaban J connectivity index is 1.49. The normalized spacial score (nSPS) is 14.0. The van der Waals surface area contributed by atoms with E-state index >= 15 is 0 Å². The van der Waals surface area contributed by atoms with E-state index in [1.165, 1.54) is 0 Å². The van der Waals surface area contributed by atoms with Gasteiger partial charge < -0.3 is 15.2 Å². The van der Waals surface area contributed by atoms with Crippen LogP contribution in [-0.4, -0.2) is 33.9 Å². The predicted octanol–water partition coefficient (Wildman–Crippen LogP) is 4.88. The van der Waals surface area contributed by atoms with E-state index < -0.39 is 0 Å². The van der Waals surface area contributed by atoms with Gasteiger partial charge in [0.05, 0.1) is 5.69 Å². The van der Waals surface area contributed by atoms with Gasteiger partial charge >= 0.3 is 0 Å². The van der Waals surface area contributed by atoms with Crippen LogP contribution in [0.2, 0.25) is 0 Å². The van der Waals surface area contributed by atoms with Crippen LogP contribution in [0.15, 0.2) is 46.4 Å². The Morgan fingerprint density at radius 2 is 2.12 bits per heavy atom. The molecule has 25 heavy (non-hydrogen) atoms. The van der Waals surface area contributed by atoms with Crippen LogP contribution in [0.25, 0.3) is 11.3 Å². The van der Waals surface area contributed by atoms with Gasteiger partial charge in [-0.05, 0) is 37.1 Å². The second kappa shape index (κ2) is 7.01. The quantitative estimate of drug-likeness (QED) is 0.636. The number of benzene rings is 1. The van der Waals surface area contributed by atoms with E-state index in [4.69, 9.17) is 0 Å². The molecular formula is C18H17BrN4OS. The third-order valence-corrected chi connectivity index (χ3v) is 5.43. The molecule has 1 aliphatic rings. The fourth-order valence-corrected chi connectivity index (χ4v) is 4.05. The number of likely N-dealkylation sites (tertiary alicyclic amines) is 1. The van der Waals surface area contributed by atoms with E-state index in [2.05, 4.69) is 31.2 Å². The van der Waals surface area contributed by atoms with Gasteiger partial charge in [0.25, 0.3) is 5.91 Å². The van der Waals surface area contributed by atoms with Gasteiger partial charge in [-0.3, -0.25) is 4.79 Å². The van der Waals surface area contributed by atoms with Crippen LogP contribution in [0.3, 0.4) is 0 Å². The van der Waals surface area contributed by atoms with Crippen molar-refractivity contribution in [1.29, 1.82) is 0 Å². The molecule has 2 N–H and O–H groups in total. The van der Waals surface area contributed by atoms with E-state index in [1.807, 2.05) is 46.8 Å². The summed E-state index contributed by atoms with van der Waals surface area (Å²) in [7, 11) is 0. The molecule has 0 aliphatic carbocycles. The van der Waals surface area contributed by atoms with E-state index in [0.717, 1.165) is 52.5 Å². The van der Waals surface area contributed by atoms with Crippen molar-refractivity contribution in [2.75, 3.05) is 18.4 Å². The van der Waals surface area contributed by atoms with Crippen LogP contribution < -0.4 is 5.32 Å². The molecule has 1 saturated heterocycles. The number of rotatable bonds is 4. The van der Waals surface area contributed by atoms with Crippen LogP contribution in [-0.2, 0) is 0 Å². The SMILES string of the molecule is O=C(c1cc(-c2csc(Nc3cccc(Br)c3)n2)c[nH]1)N1CCCC1. The Morgan fingerprint density at radius 3 is 2.92 bits per heavy atom. The number of hydrogen-bond acceptors (Lipinski definition) is 4. The summed E-state index contributed by atoms with van der Waals surface area (Å²) in [6.45, 7) is 1.70. The van der Waals surface area contributed by atoms with Gasteiger partial charge in [0, 0.05) is 40.4 Å². The second-order valence-electron chi connectivity index (χ2n) is 5.97. The fraction of sp³-hybridized carbons (Fsp3) is 0.222. The lowest BCUT2D eigenvalue weighted by atomic mass is 10.2. The Bertz CT molecular complexity index is 898. The first kappa shape index (κ1) is 16.4. The average molecular weight is 417 g/mol. The molecule has 0 saturated carbocycles. The summed E-state index contributed by atoms with van der Waals surface area (Å²) in [4.78, 5) is 22.0. The molecule has 1 aliphatic heterocycles. The molecule has 5 nitrogen and oxygen atoms in total. The first-order chi connectivity index (χ1) is 12.2. The minimum absolute atomic E-state index is 0.0754. The zero-order chi connectivity index (χ0) is 17.2. The standard InChI is InChI=1S/C18H17BrN4OS/c19-13-4-3-5-14(9-13)21-18-22-16(11-25-18)12-8-15(20-10-12)17(24)23-6-1-2-7-23/h3-5,8-11,20H,1-2,6-7H2,(H,21,22). The lowest BCUT2D eigenvalue weighted by Crippen LogP contribution is -2.27. The van der Waals surface area contributed by atoms with Crippen molar-refractivity contribution in [1.82, 2.24) is 14.9 Å². The molecule has 0 radical (unpaired) electrons. The first-order valence-electron chi connectivity index (χ1n) is 8.15. The van der Waals surface area contributed by atoms with Crippen LogP contribution in [0.1, 0.15) is 23.3 Å². The number of anilines is 2. The van der Waals surface area contributed by atoms with Gasteiger partial charge in [0.15, 0.2) is 5.13 Å². The van der Waals surface area contributed by atoms with Crippen molar-refractivity contribution in [2.45, 2.75) is 12.8 Å². The predicted molar refractivity (Wildman–Crippen MR) is 104 cm³/mol. The second-order valence-corrected chi connectivity index (χ2v) is 7.75. The number of nitrogens with one attached hydrogen (secondary N) is 2. The monoisotopic (exact) mass is 416 g/mol. The largest absolute Gasteiger partial charge is 0.357 e. The van der Waals surface area contributed by atoms with Crippen LogP contribution >= 0.6 is 27.3 Å². The van der Waals surface area contributed by atoms with Crippen molar-refractivity contribution in [3.05, 3.63) is 52.1 Å². The summed E-state index contributed by atoms with van der Waals surface area (Å²) in [5, 5.41) is 6.12. The molecule has 0 bridgehead atoms. The topological polar surface area (TPSA) is 61.0 Å². The molecule has 7 heteroatoms. The number of aromatic nitrogens is 2. The zero-order valence-corrected chi connectivity index (χ0v) is 15.9. The van der Waals surface area contributed by atoms with Crippen molar-refractivity contribution >= 4 is 44.0 Å². The molecule has 0 unspecified atom stereocenters. The Labute approximate surface area is 158 Å². The molecule has 0 spiro atoms. The summed E-state index contributed by atoms with van der Waals surface area (Å²) in [5.74, 6) is 0.0754. The number of amides is 1. The average Bonchev–Trinajstić information content (AvgIpc) is 3.35. The van der Waals surface area contributed by atoms with Gasteiger partial charge in [-0.2, -0.15) is 0 Å². The number of nitrogens with zero attached hydrogens (tertiary/aromatic N) is 2. The number of hydrogen-bond donors (Lipinski definition) is 2. The summed E-state index contributed by atoms with van der Waals surface area (Å²) in [6.07, 6.45) is 4.04. The van der Waals surface area contributed by atoms with Crippen LogP contribution in [0.5, 0.6) is 0 Å². The zero-order valence-electron chi connectivity index (χ0n) is 13.5. The molecular weight excluding hydrogens is 400 g/mol. The Hall–Kier alpha value is -2.12. The van der Waals surface area contributed by atoms with E-state index in [9.17, 15) is 4.79 Å². The van der Waals surface area contributed by atoms with Crippen LogP contribution in [0, 0.1) is 0 Å². The maximum Gasteiger partial charge on any atom is 0.270 e. The van der Waals surface area contributed by atoms with Crippen molar-refractivity contribution in [3.63, 3.8) is 0 Å². The lowest BCUT2D eigenvalue weighted by Gasteiger charge is -2.13. The number of aromatic amines is 1. The Kier molecular flexibility index (Phi) is 4.59. The minimum atomic E-state index is 0.0754. The molecule has 3 heterocycles. The molecule has 1 fully saturated rings. The lowest BCUT2D eigenvalue weighted by molar-refractivity contribution is 0.0788. The summed E-state index contributed by atoms with van der Waals surface area (Å²) < 4.78 is 1.02. The number of halogens is 1. The van der Waals surface area contributed by atoms with Gasteiger partial charge in [-0.1, -0.05) is 22.0 Å². The van der Waals surface area contributed by atoms with Crippen molar-refractivity contribution in [2.24, 2.45) is 0 Å². The molecule has 3 aromatic rings. The molecule has 128 valence electrons. The smallest absolute Gasteiger partial charge is 0.270 e. The molecule has 0 atom stereocenters. The maximum atomic E-state index is 12.4. The third kappa shape index (κ3) is 3.62. The van der Waals surface area contributed by atoms with Crippen LogP contribution in [0.4, 0.5) is 10.8 Å². The molecule has 1 amide bonds. The summed E-state index contributed by atoms with van der Waals surface area (Å²) in [5.41, 5.74) is 3.40. The van der Waals surface area contributed by atoms with Gasteiger partial charge in [-0.25, -0.2) is 4.98 Å². The number of thiazole rings is 1. The third-order valence-electron chi connectivity index (χ3n) is 4.18. The number of carbonyl (C=O) groups excluding carboxylic acids is 1. The molecule has 2 aromatic heterocycles. The Morgan fingerprint density at radius 1 is 1.28 bits per heavy atom. The fourth-order valence-electron chi connectivity index (χ4n) is 2.91. The van der Waals surface area contributed by atoms with Gasteiger partial charge in [0.1, 0.15) is 5.69 Å². The summed E-state index contributed by atoms with van der Waals surface area (Å²) in [6, 6.07) is 9.85. The molecule has 1 aromatic carbocycles. The van der Waals surface area contributed by atoms with Gasteiger partial charge in [0.2, 0.25) is 0 Å². The highest BCUT2D eigenvalue weighted by atomic mass is 79.9. The van der Waals surface area contributed by atoms with E-state index in [0.29, 0.717) is 5.69 Å². The maximum absolute atomic E-state index is 12.4. The highest BCUT2D eigenvalue weighted by Crippen LogP contribution is 2.28. The van der Waals surface area contributed by atoms with E-state index in [-0.39, 0.29) is 5.91 Å². The minimum Gasteiger partial charge on any atom is -0.357 e. The molecule has 4 rings (SSSR count). The first-order valence-corrected chi connectivity index (χ1v) is 9.82. The highest BCUT2D eigenvalue weighted by molar-refractivity contribution is 9.10. The van der Waals surface area contributed by atoms with E-state index in [1.54, 1.807) is 11.3 Å². The van der Waals surface area contributed by atoms with Gasteiger partial charge in [-0.15, -0.1) is 11.3 Å². The highest BCUT2D eigenvalue weighted by Gasteiger charge is 2.21.